The maximum absolute atomic E-state index is 12.6. The highest BCUT2D eigenvalue weighted by Crippen LogP contribution is 2.10. The van der Waals surface area contributed by atoms with Crippen LogP contribution in [0.1, 0.15) is 15.9 Å². The van der Waals surface area contributed by atoms with E-state index in [2.05, 4.69) is 0 Å². The lowest BCUT2D eigenvalue weighted by molar-refractivity contribution is 0.103. The summed E-state index contributed by atoms with van der Waals surface area (Å²) in [6, 6.07) is 14.5. The molecule has 0 amide bonds. The number of rotatable bonds is 2. The molecule has 0 spiro atoms. The predicted octanol–water partition coefficient (Wildman–Crippen LogP) is 3.06. The minimum atomic E-state index is -0.334. The number of carbonyl (C=O) groups is 1. The van der Waals surface area contributed by atoms with Crippen molar-refractivity contribution in [3.8, 4) is 0 Å². The molecule has 0 saturated carbocycles. The van der Waals surface area contributed by atoms with Crippen molar-refractivity contribution in [1.29, 1.82) is 0 Å². The Morgan fingerprint density at radius 2 is 1.33 bits per heavy atom. The third-order valence-corrected chi connectivity index (χ3v) is 2.14. The summed E-state index contributed by atoms with van der Waals surface area (Å²) < 4.78 is 12.6. The van der Waals surface area contributed by atoms with Gasteiger partial charge in [0.2, 0.25) is 0 Å². The Hall–Kier alpha value is -1.96. The SMILES string of the molecule is O=[11C](c1ccccc1)c1ccc(F)cc1. The van der Waals surface area contributed by atoms with Crippen molar-refractivity contribution in [1.82, 2.24) is 0 Å². The smallest absolute Gasteiger partial charge is 0.193 e. The molecule has 1 nitrogen and oxygen atoms in total. The Bertz CT molecular complexity index is 460. The summed E-state index contributed by atoms with van der Waals surface area (Å²) in [6.07, 6.45) is 0. The van der Waals surface area contributed by atoms with E-state index in [9.17, 15) is 9.18 Å². The summed E-state index contributed by atoms with van der Waals surface area (Å²) in [4.78, 5) is 11.8. The summed E-state index contributed by atoms with van der Waals surface area (Å²) in [5, 5.41) is 0. The molecule has 0 radical (unpaired) electrons. The van der Waals surface area contributed by atoms with Crippen molar-refractivity contribution in [2.24, 2.45) is 0 Å². The van der Waals surface area contributed by atoms with Crippen LogP contribution in [0.25, 0.3) is 0 Å². The van der Waals surface area contributed by atoms with E-state index >= 15 is 0 Å². The summed E-state index contributed by atoms with van der Waals surface area (Å²) >= 11 is 0. The maximum atomic E-state index is 12.6. The van der Waals surface area contributed by atoms with Gasteiger partial charge in [-0.15, -0.1) is 0 Å². The van der Waals surface area contributed by atoms with E-state index < -0.39 is 0 Å². The first-order valence-electron chi connectivity index (χ1n) is 4.63. The van der Waals surface area contributed by atoms with Crippen LogP contribution in [0.3, 0.4) is 0 Å². The van der Waals surface area contributed by atoms with Gasteiger partial charge in [0.05, 0.1) is 0 Å². The molecule has 0 fully saturated rings. The largest absolute Gasteiger partial charge is 0.289 e. The fourth-order valence-corrected chi connectivity index (χ4v) is 1.36. The molecule has 2 rings (SSSR count). The lowest BCUT2D eigenvalue weighted by atomic mass is 9.70. The zero-order valence-corrected chi connectivity index (χ0v) is 7.98. The van der Waals surface area contributed by atoms with Crippen molar-refractivity contribution in [2.45, 2.75) is 0 Å². The maximum Gasteiger partial charge on any atom is 0.193 e. The van der Waals surface area contributed by atoms with E-state index in [1.165, 1.54) is 24.3 Å². The van der Waals surface area contributed by atoms with Crippen LogP contribution in [0.4, 0.5) is 4.39 Å². The molecule has 0 aliphatic carbocycles. The molecule has 0 heterocycles. The number of hydrogen-bond donors (Lipinski definition) is 0. The zero-order chi connectivity index (χ0) is 10.7. The Labute approximate surface area is 87.2 Å². The van der Waals surface area contributed by atoms with Crippen LogP contribution in [0, 0.1) is 5.82 Å². The van der Waals surface area contributed by atoms with Crippen LogP contribution in [-0.4, -0.2) is 5.78 Å². The third kappa shape index (κ3) is 2.10. The molecule has 2 aromatic rings. The molecular weight excluding hydrogens is 190 g/mol. The molecule has 0 aliphatic rings. The van der Waals surface area contributed by atoms with E-state index in [0.29, 0.717) is 11.1 Å². The van der Waals surface area contributed by atoms with E-state index in [1.807, 2.05) is 6.07 Å². The quantitative estimate of drug-likeness (QED) is 0.679. The molecule has 0 saturated heterocycles. The van der Waals surface area contributed by atoms with Gasteiger partial charge in [0.25, 0.3) is 0 Å². The Morgan fingerprint density at radius 3 is 1.93 bits per heavy atom. The van der Waals surface area contributed by atoms with E-state index in [-0.39, 0.29) is 11.6 Å². The van der Waals surface area contributed by atoms with Gasteiger partial charge in [-0.2, -0.15) is 0 Å². The minimum absolute atomic E-state index is 0.0874. The summed E-state index contributed by atoms with van der Waals surface area (Å²) in [7, 11) is 0. The van der Waals surface area contributed by atoms with Crippen molar-refractivity contribution >= 4 is 5.78 Å². The van der Waals surface area contributed by atoms with Crippen molar-refractivity contribution < 1.29 is 9.18 Å². The lowest BCUT2D eigenvalue weighted by Crippen LogP contribution is -2.00. The summed E-state index contributed by atoms with van der Waals surface area (Å²) in [5.41, 5.74) is 1.12. The first-order valence-corrected chi connectivity index (χ1v) is 4.63. The number of halogens is 1. The Balaban J connectivity index is 2.33. The van der Waals surface area contributed by atoms with Gasteiger partial charge in [-0.25, -0.2) is 4.39 Å². The molecule has 2 heteroatoms. The molecule has 74 valence electrons. The molecule has 0 N–H and O–H groups in total. The highest BCUT2D eigenvalue weighted by atomic mass is 19.1. The van der Waals surface area contributed by atoms with E-state index in [1.54, 1.807) is 24.3 Å². The van der Waals surface area contributed by atoms with Crippen LogP contribution in [0.5, 0.6) is 0 Å². The highest BCUT2D eigenvalue weighted by Gasteiger charge is 2.07. The van der Waals surface area contributed by atoms with Crippen molar-refractivity contribution in [2.75, 3.05) is 0 Å². The fourth-order valence-electron chi connectivity index (χ4n) is 1.36. The molecule has 0 aromatic heterocycles. The summed E-state index contributed by atoms with van der Waals surface area (Å²) in [6.45, 7) is 0. The number of carbonyl (C=O) groups excluding carboxylic acids is 1. The van der Waals surface area contributed by atoms with Crippen molar-refractivity contribution in [3.63, 3.8) is 0 Å². The molecular formula is C13H9FO. The van der Waals surface area contributed by atoms with Crippen LogP contribution in [0.2, 0.25) is 0 Å². The van der Waals surface area contributed by atoms with Gasteiger partial charge in [0, 0.05) is 11.1 Å². The highest BCUT2D eigenvalue weighted by molar-refractivity contribution is 6.08. The second-order valence-electron chi connectivity index (χ2n) is 3.20. The van der Waals surface area contributed by atoms with Gasteiger partial charge in [-0.3, -0.25) is 4.79 Å². The normalized spacial score (nSPS) is 9.93. The zero-order valence-electron chi connectivity index (χ0n) is 7.98. The third-order valence-electron chi connectivity index (χ3n) is 2.14. The predicted molar refractivity (Wildman–Crippen MR) is 56.3 cm³/mol. The topological polar surface area (TPSA) is 17.1 Å². The molecule has 0 unspecified atom stereocenters. The van der Waals surface area contributed by atoms with Crippen molar-refractivity contribution in [3.05, 3.63) is 71.5 Å². The van der Waals surface area contributed by atoms with Gasteiger partial charge in [0.15, 0.2) is 5.78 Å². The lowest BCUT2D eigenvalue weighted by Gasteiger charge is -2.00. The Morgan fingerprint density at radius 1 is 0.800 bits per heavy atom. The molecule has 0 aliphatic heterocycles. The van der Waals surface area contributed by atoms with Crippen LogP contribution in [0.15, 0.2) is 54.6 Å². The van der Waals surface area contributed by atoms with Crippen LogP contribution in [-0.2, 0) is 0 Å². The number of hydrogen-bond acceptors (Lipinski definition) is 1. The van der Waals surface area contributed by atoms with E-state index in [0.717, 1.165) is 0 Å². The minimum Gasteiger partial charge on any atom is -0.289 e. The molecule has 0 bridgehead atoms. The van der Waals surface area contributed by atoms with Crippen LogP contribution < -0.4 is 0 Å². The monoisotopic (exact) mass is 199 g/mol. The average molecular weight is 199 g/mol. The van der Waals surface area contributed by atoms with Gasteiger partial charge in [-0.1, -0.05) is 30.3 Å². The standard InChI is InChI=1S/C13H9FO/c14-12-8-6-11(7-9-12)13(15)10-4-2-1-3-5-10/h1-9H/i13-1. The number of ketones is 1. The molecule has 15 heavy (non-hydrogen) atoms. The molecule has 0 atom stereocenters. The second-order valence-corrected chi connectivity index (χ2v) is 3.20. The summed E-state index contributed by atoms with van der Waals surface area (Å²) in [5.74, 6) is -0.421. The molecule has 2 aromatic carbocycles. The van der Waals surface area contributed by atoms with Gasteiger partial charge in [0.1, 0.15) is 5.82 Å². The van der Waals surface area contributed by atoms with Gasteiger partial charge in [-0.05, 0) is 24.3 Å². The van der Waals surface area contributed by atoms with Gasteiger partial charge >= 0.3 is 0 Å². The average Bonchev–Trinajstić information content (AvgIpc) is 2.30. The fraction of sp³-hybridized carbons (Fsp3) is 0. The number of benzene rings is 2. The van der Waals surface area contributed by atoms with Gasteiger partial charge < -0.3 is 0 Å². The second kappa shape index (κ2) is 4.05. The first-order chi connectivity index (χ1) is 7.27. The van der Waals surface area contributed by atoms with E-state index in [4.69, 9.17) is 0 Å². The van der Waals surface area contributed by atoms with Crippen LogP contribution >= 0.6 is 0 Å². The first kappa shape index (κ1) is 9.59. The Kier molecular flexibility index (Phi) is 2.59.